The summed E-state index contributed by atoms with van der Waals surface area (Å²) in [7, 11) is 0. The highest BCUT2D eigenvalue weighted by Gasteiger charge is 2.43. The Hall–Kier alpha value is -0.0800. The maximum absolute atomic E-state index is 6.04. The van der Waals surface area contributed by atoms with E-state index in [0.717, 1.165) is 6.04 Å². The first-order chi connectivity index (χ1) is 6.50. The van der Waals surface area contributed by atoms with Gasteiger partial charge in [-0.3, -0.25) is 4.90 Å². The van der Waals surface area contributed by atoms with Crippen LogP contribution in [-0.2, 0) is 0 Å². The zero-order valence-electron chi connectivity index (χ0n) is 9.79. The summed E-state index contributed by atoms with van der Waals surface area (Å²) in [5.41, 5.74) is 6.60. The molecule has 3 unspecified atom stereocenters. The van der Waals surface area contributed by atoms with Crippen molar-refractivity contribution in [2.45, 2.75) is 52.1 Å². The summed E-state index contributed by atoms with van der Waals surface area (Å²) in [6.45, 7) is 9.54. The molecule has 0 aromatic rings. The fourth-order valence-corrected chi connectivity index (χ4v) is 3.01. The number of rotatable bonds is 1. The first-order valence-electron chi connectivity index (χ1n) is 6.00. The minimum atomic E-state index is 0.439. The second kappa shape index (κ2) is 3.49. The van der Waals surface area contributed by atoms with Gasteiger partial charge >= 0.3 is 0 Å². The number of likely N-dealkylation sites (tertiary alicyclic amines) is 1. The van der Waals surface area contributed by atoms with Crippen LogP contribution in [0.2, 0.25) is 0 Å². The second-order valence-corrected chi connectivity index (χ2v) is 5.97. The lowest BCUT2D eigenvalue weighted by molar-refractivity contribution is -0.0240. The Bertz CT molecular complexity index is 212. The Labute approximate surface area is 87.8 Å². The van der Waals surface area contributed by atoms with Crippen LogP contribution in [0.25, 0.3) is 0 Å². The van der Waals surface area contributed by atoms with Crippen LogP contribution in [0.15, 0.2) is 0 Å². The van der Waals surface area contributed by atoms with E-state index in [-0.39, 0.29) is 0 Å². The lowest BCUT2D eigenvalue weighted by Crippen LogP contribution is -2.57. The van der Waals surface area contributed by atoms with Gasteiger partial charge in [0.15, 0.2) is 0 Å². The summed E-state index contributed by atoms with van der Waals surface area (Å²) in [5, 5.41) is 0. The average molecular weight is 196 g/mol. The monoisotopic (exact) mass is 196 g/mol. The van der Waals surface area contributed by atoms with E-state index in [4.69, 9.17) is 5.73 Å². The molecule has 3 atom stereocenters. The van der Waals surface area contributed by atoms with Crippen LogP contribution in [0.5, 0.6) is 0 Å². The van der Waals surface area contributed by atoms with Crippen molar-refractivity contribution in [1.82, 2.24) is 4.90 Å². The Morgan fingerprint density at radius 2 is 2.00 bits per heavy atom. The summed E-state index contributed by atoms with van der Waals surface area (Å²) < 4.78 is 0. The Kier molecular flexibility index (Phi) is 2.61. The Morgan fingerprint density at radius 3 is 2.43 bits per heavy atom. The summed E-state index contributed by atoms with van der Waals surface area (Å²) >= 11 is 0. The van der Waals surface area contributed by atoms with Crippen molar-refractivity contribution in [3.63, 3.8) is 0 Å². The number of nitrogens with two attached hydrogens (primary N) is 1. The fraction of sp³-hybridized carbons (Fsp3) is 1.00. The maximum atomic E-state index is 6.04. The van der Waals surface area contributed by atoms with Gasteiger partial charge in [-0.05, 0) is 37.1 Å². The average Bonchev–Trinajstić information content (AvgIpc) is 2.10. The smallest absolute Gasteiger partial charge is 0.0147 e. The molecule has 2 heteroatoms. The summed E-state index contributed by atoms with van der Waals surface area (Å²) in [6, 6.07) is 1.27. The molecule has 0 amide bonds. The van der Waals surface area contributed by atoms with Crippen molar-refractivity contribution in [1.29, 1.82) is 0 Å². The van der Waals surface area contributed by atoms with Gasteiger partial charge in [0.25, 0.3) is 0 Å². The van der Waals surface area contributed by atoms with E-state index in [1.165, 1.54) is 32.4 Å². The first kappa shape index (κ1) is 10.4. The molecule has 0 spiro atoms. The molecule has 82 valence electrons. The Balaban J connectivity index is 1.94. The third-order valence-corrected chi connectivity index (χ3v) is 4.41. The van der Waals surface area contributed by atoms with Crippen molar-refractivity contribution in [3.8, 4) is 0 Å². The number of hydrogen-bond donors (Lipinski definition) is 1. The topological polar surface area (TPSA) is 29.3 Å². The molecule has 1 saturated carbocycles. The minimum Gasteiger partial charge on any atom is -0.327 e. The second-order valence-electron chi connectivity index (χ2n) is 5.97. The van der Waals surface area contributed by atoms with Gasteiger partial charge in [0, 0.05) is 18.6 Å². The molecule has 1 aliphatic heterocycles. The van der Waals surface area contributed by atoms with E-state index >= 15 is 0 Å². The quantitative estimate of drug-likeness (QED) is 0.693. The van der Waals surface area contributed by atoms with Crippen LogP contribution in [0, 0.1) is 11.3 Å². The van der Waals surface area contributed by atoms with E-state index in [2.05, 4.69) is 25.7 Å². The van der Waals surface area contributed by atoms with Crippen molar-refractivity contribution >= 4 is 0 Å². The fourth-order valence-electron chi connectivity index (χ4n) is 3.01. The molecule has 2 rings (SSSR count). The van der Waals surface area contributed by atoms with E-state index in [9.17, 15) is 0 Å². The molecule has 2 nitrogen and oxygen atoms in total. The largest absolute Gasteiger partial charge is 0.327 e. The minimum absolute atomic E-state index is 0.439. The zero-order valence-corrected chi connectivity index (χ0v) is 9.79. The third kappa shape index (κ3) is 1.70. The van der Waals surface area contributed by atoms with Gasteiger partial charge in [0.2, 0.25) is 0 Å². The molecule has 1 aliphatic carbocycles. The molecule has 2 N–H and O–H groups in total. The third-order valence-electron chi connectivity index (χ3n) is 4.41. The van der Waals surface area contributed by atoms with Crippen molar-refractivity contribution in [2.24, 2.45) is 17.1 Å². The molecule has 14 heavy (non-hydrogen) atoms. The van der Waals surface area contributed by atoms with Gasteiger partial charge in [0.1, 0.15) is 0 Å². The number of piperidine rings is 1. The SMILES string of the molecule is CC1CN(C2CCC2(C)C)CCC1N. The van der Waals surface area contributed by atoms with Gasteiger partial charge in [0.05, 0.1) is 0 Å². The summed E-state index contributed by atoms with van der Waals surface area (Å²) in [4.78, 5) is 2.68. The van der Waals surface area contributed by atoms with Gasteiger partial charge in [-0.25, -0.2) is 0 Å². The number of hydrogen-bond acceptors (Lipinski definition) is 2. The van der Waals surface area contributed by atoms with Gasteiger partial charge < -0.3 is 5.73 Å². The van der Waals surface area contributed by atoms with Crippen LogP contribution in [-0.4, -0.2) is 30.1 Å². The highest BCUT2D eigenvalue weighted by Crippen LogP contribution is 2.44. The molecule has 0 aromatic carbocycles. The van der Waals surface area contributed by atoms with Crippen molar-refractivity contribution in [3.05, 3.63) is 0 Å². The predicted octanol–water partition coefficient (Wildman–Crippen LogP) is 1.84. The van der Waals surface area contributed by atoms with Crippen molar-refractivity contribution < 1.29 is 0 Å². The van der Waals surface area contributed by atoms with Gasteiger partial charge in [-0.1, -0.05) is 20.8 Å². The molecule has 2 aliphatic rings. The first-order valence-corrected chi connectivity index (χ1v) is 6.00. The van der Waals surface area contributed by atoms with E-state index in [1.807, 2.05) is 0 Å². The van der Waals surface area contributed by atoms with Crippen LogP contribution in [0.1, 0.15) is 40.0 Å². The van der Waals surface area contributed by atoms with Crippen LogP contribution < -0.4 is 5.73 Å². The zero-order chi connectivity index (χ0) is 10.3. The molecule has 2 fully saturated rings. The van der Waals surface area contributed by atoms with E-state index in [0.29, 0.717) is 17.4 Å². The molecule has 0 bridgehead atoms. The molecule has 0 radical (unpaired) electrons. The molecular weight excluding hydrogens is 172 g/mol. The van der Waals surface area contributed by atoms with Gasteiger partial charge in [-0.15, -0.1) is 0 Å². The van der Waals surface area contributed by atoms with E-state index < -0.39 is 0 Å². The summed E-state index contributed by atoms with van der Waals surface area (Å²) in [6.07, 6.45) is 3.98. The highest BCUT2D eigenvalue weighted by atomic mass is 15.2. The Morgan fingerprint density at radius 1 is 1.29 bits per heavy atom. The molecular formula is C12H24N2. The standard InChI is InChI=1S/C12H24N2/c1-9-8-14(7-5-10(9)13)11-4-6-12(11,2)3/h9-11H,4-8,13H2,1-3H3. The molecule has 1 heterocycles. The lowest BCUT2D eigenvalue weighted by Gasteiger charge is -2.53. The lowest BCUT2D eigenvalue weighted by atomic mass is 9.66. The maximum Gasteiger partial charge on any atom is 0.0147 e. The van der Waals surface area contributed by atoms with Crippen LogP contribution in [0.3, 0.4) is 0 Å². The van der Waals surface area contributed by atoms with E-state index in [1.54, 1.807) is 0 Å². The van der Waals surface area contributed by atoms with Crippen LogP contribution in [0.4, 0.5) is 0 Å². The number of nitrogens with zero attached hydrogens (tertiary/aromatic N) is 1. The molecule has 0 aromatic heterocycles. The van der Waals surface area contributed by atoms with Crippen molar-refractivity contribution in [2.75, 3.05) is 13.1 Å². The highest BCUT2D eigenvalue weighted by molar-refractivity contribution is 4.98. The van der Waals surface area contributed by atoms with Crippen LogP contribution >= 0.6 is 0 Å². The normalized spacial score (nSPS) is 43.3. The summed E-state index contributed by atoms with van der Waals surface area (Å²) in [5.74, 6) is 0.681. The van der Waals surface area contributed by atoms with Gasteiger partial charge in [-0.2, -0.15) is 0 Å². The predicted molar refractivity (Wildman–Crippen MR) is 60.1 cm³/mol. The molecule has 1 saturated heterocycles.